The first-order chi connectivity index (χ1) is 9.95. The Balaban J connectivity index is 1.33. The molecule has 0 saturated carbocycles. The molecule has 0 aromatic rings. The van der Waals surface area contributed by atoms with E-state index < -0.39 is 0 Å². The second kappa shape index (κ2) is 10.6. The van der Waals surface area contributed by atoms with E-state index in [4.69, 9.17) is 0 Å². The minimum atomic E-state index is 1.10. The Labute approximate surface area is 125 Å². The van der Waals surface area contributed by atoms with Crippen LogP contribution in [-0.2, 0) is 0 Å². The minimum Gasteiger partial charge on any atom is -0.314 e. The monoisotopic (exact) mass is 282 g/mol. The summed E-state index contributed by atoms with van der Waals surface area (Å²) in [6, 6.07) is 0. The zero-order chi connectivity index (χ0) is 13.9. The van der Waals surface area contributed by atoms with Crippen LogP contribution in [0.3, 0.4) is 0 Å². The molecule has 2 saturated heterocycles. The molecule has 0 aliphatic carbocycles. The number of likely N-dealkylation sites (tertiary alicyclic amines) is 2. The third-order valence-corrected chi connectivity index (χ3v) is 4.59. The molecule has 0 aromatic carbocycles. The highest BCUT2D eigenvalue weighted by Crippen LogP contribution is 2.07. The van der Waals surface area contributed by atoms with Gasteiger partial charge in [-0.2, -0.15) is 0 Å². The second-order valence-corrected chi connectivity index (χ2v) is 6.30. The molecule has 0 spiro atoms. The zero-order valence-corrected chi connectivity index (χ0v) is 13.2. The van der Waals surface area contributed by atoms with E-state index in [-0.39, 0.29) is 0 Å². The van der Waals surface area contributed by atoms with Gasteiger partial charge in [-0.15, -0.1) is 0 Å². The van der Waals surface area contributed by atoms with Crippen LogP contribution in [0.5, 0.6) is 0 Å². The Kier molecular flexibility index (Phi) is 8.55. The lowest BCUT2D eigenvalue weighted by Crippen LogP contribution is -2.39. The number of hydrogen-bond donors (Lipinski definition) is 2. The molecule has 2 rings (SSSR count). The normalized spacial score (nSPS) is 22.2. The topological polar surface area (TPSA) is 30.5 Å². The number of nitrogens with one attached hydrogen (secondary N) is 2. The van der Waals surface area contributed by atoms with E-state index >= 15 is 0 Å². The van der Waals surface area contributed by atoms with Crippen molar-refractivity contribution in [3.63, 3.8) is 0 Å². The molecule has 20 heavy (non-hydrogen) atoms. The van der Waals surface area contributed by atoms with Crippen LogP contribution in [0, 0.1) is 0 Å². The van der Waals surface area contributed by atoms with Gasteiger partial charge in [0.05, 0.1) is 0 Å². The Morgan fingerprint density at radius 2 is 0.900 bits per heavy atom. The second-order valence-electron chi connectivity index (χ2n) is 6.30. The van der Waals surface area contributed by atoms with E-state index in [1.165, 1.54) is 77.8 Å². The average Bonchev–Trinajstić information content (AvgIpc) is 2.52. The quantitative estimate of drug-likeness (QED) is 0.621. The summed E-state index contributed by atoms with van der Waals surface area (Å²) in [5.74, 6) is 0. The number of piperidine rings is 2. The van der Waals surface area contributed by atoms with Gasteiger partial charge < -0.3 is 20.4 Å². The van der Waals surface area contributed by atoms with Crippen molar-refractivity contribution in [1.29, 1.82) is 0 Å². The Hall–Kier alpha value is -0.160. The summed E-state index contributed by atoms with van der Waals surface area (Å²) in [5.41, 5.74) is 0. The van der Waals surface area contributed by atoms with Crippen molar-refractivity contribution in [2.45, 2.75) is 38.5 Å². The largest absolute Gasteiger partial charge is 0.314 e. The first-order valence-corrected chi connectivity index (χ1v) is 8.81. The van der Waals surface area contributed by atoms with E-state index in [0.29, 0.717) is 0 Å². The lowest BCUT2D eigenvalue weighted by Gasteiger charge is -2.26. The summed E-state index contributed by atoms with van der Waals surface area (Å²) in [7, 11) is 0. The van der Waals surface area contributed by atoms with E-state index in [2.05, 4.69) is 20.4 Å². The standard InChI is InChI=1S/C16H34N4/c1-3-11-19(12-4-1)15-9-17-7-8-18-10-16-20-13-5-2-6-14-20/h17-18H,1-16H2. The summed E-state index contributed by atoms with van der Waals surface area (Å²) >= 11 is 0. The van der Waals surface area contributed by atoms with Crippen LogP contribution in [0.1, 0.15) is 38.5 Å². The first kappa shape index (κ1) is 16.2. The van der Waals surface area contributed by atoms with E-state index in [1.54, 1.807) is 0 Å². The molecule has 118 valence electrons. The van der Waals surface area contributed by atoms with Crippen LogP contribution in [0.15, 0.2) is 0 Å². The van der Waals surface area contributed by atoms with Crippen molar-refractivity contribution in [2.75, 3.05) is 65.4 Å². The number of rotatable bonds is 9. The summed E-state index contributed by atoms with van der Waals surface area (Å²) in [5, 5.41) is 7.11. The van der Waals surface area contributed by atoms with Crippen LogP contribution in [0.25, 0.3) is 0 Å². The number of nitrogens with zero attached hydrogens (tertiary/aromatic N) is 2. The molecule has 4 heteroatoms. The molecular formula is C16H34N4. The molecule has 2 N–H and O–H groups in total. The van der Waals surface area contributed by atoms with Gasteiger partial charge in [-0.25, -0.2) is 0 Å². The van der Waals surface area contributed by atoms with Crippen molar-refractivity contribution in [2.24, 2.45) is 0 Å². The van der Waals surface area contributed by atoms with Gasteiger partial charge in [-0.05, 0) is 51.9 Å². The molecule has 0 atom stereocenters. The maximum Gasteiger partial charge on any atom is 0.0107 e. The van der Waals surface area contributed by atoms with Crippen molar-refractivity contribution in [1.82, 2.24) is 20.4 Å². The highest BCUT2D eigenvalue weighted by molar-refractivity contribution is 4.67. The highest BCUT2D eigenvalue weighted by atomic mass is 15.1. The maximum atomic E-state index is 3.55. The van der Waals surface area contributed by atoms with Crippen molar-refractivity contribution in [3.05, 3.63) is 0 Å². The molecule has 0 bridgehead atoms. The van der Waals surface area contributed by atoms with Gasteiger partial charge >= 0.3 is 0 Å². The molecule has 4 nitrogen and oxygen atoms in total. The van der Waals surface area contributed by atoms with Crippen LogP contribution in [-0.4, -0.2) is 75.2 Å². The summed E-state index contributed by atoms with van der Waals surface area (Å²) in [6.07, 6.45) is 8.47. The van der Waals surface area contributed by atoms with Crippen LogP contribution in [0.4, 0.5) is 0 Å². The molecule has 2 aliphatic rings. The molecule has 0 radical (unpaired) electrons. The SMILES string of the molecule is C1CCN(CCNCCNCCN2CCCCC2)CC1. The van der Waals surface area contributed by atoms with E-state index in [0.717, 1.165) is 26.2 Å². The molecule has 0 unspecified atom stereocenters. The number of hydrogen-bond acceptors (Lipinski definition) is 4. The fourth-order valence-corrected chi connectivity index (χ4v) is 3.27. The van der Waals surface area contributed by atoms with Crippen LogP contribution in [0.2, 0.25) is 0 Å². The van der Waals surface area contributed by atoms with Gasteiger partial charge in [0.2, 0.25) is 0 Å². The predicted octanol–water partition coefficient (Wildman–Crippen LogP) is 1.14. The molecule has 2 aliphatic heterocycles. The Morgan fingerprint density at radius 1 is 0.500 bits per heavy atom. The first-order valence-electron chi connectivity index (χ1n) is 8.81. The lowest BCUT2D eigenvalue weighted by molar-refractivity contribution is 0.226. The minimum absolute atomic E-state index is 1.10. The maximum absolute atomic E-state index is 3.55. The van der Waals surface area contributed by atoms with Gasteiger partial charge in [0, 0.05) is 39.3 Å². The van der Waals surface area contributed by atoms with Gasteiger partial charge in [0.1, 0.15) is 0 Å². The van der Waals surface area contributed by atoms with Crippen molar-refractivity contribution in [3.8, 4) is 0 Å². The highest BCUT2D eigenvalue weighted by Gasteiger charge is 2.09. The van der Waals surface area contributed by atoms with Gasteiger partial charge in [-0.1, -0.05) is 12.8 Å². The van der Waals surface area contributed by atoms with Gasteiger partial charge in [0.25, 0.3) is 0 Å². The van der Waals surface area contributed by atoms with Crippen LogP contribution < -0.4 is 10.6 Å². The van der Waals surface area contributed by atoms with Crippen molar-refractivity contribution < 1.29 is 0 Å². The third-order valence-electron chi connectivity index (χ3n) is 4.59. The van der Waals surface area contributed by atoms with E-state index in [9.17, 15) is 0 Å². The molecule has 0 amide bonds. The average molecular weight is 282 g/mol. The summed E-state index contributed by atoms with van der Waals surface area (Å²) in [6.45, 7) is 12.2. The summed E-state index contributed by atoms with van der Waals surface area (Å²) in [4.78, 5) is 5.20. The molecule has 2 fully saturated rings. The fourth-order valence-electron chi connectivity index (χ4n) is 3.27. The summed E-state index contributed by atoms with van der Waals surface area (Å²) < 4.78 is 0. The lowest BCUT2D eigenvalue weighted by atomic mass is 10.1. The molecular weight excluding hydrogens is 248 g/mol. The van der Waals surface area contributed by atoms with Crippen molar-refractivity contribution >= 4 is 0 Å². The zero-order valence-electron chi connectivity index (χ0n) is 13.2. The predicted molar refractivity (Wildman–Crippen MR) is 86.3 cm³/mol. The smallest absolute Gasteiger partial charge is 0.0107 e. The Bertz CT molecular complexity index is 199. The molecule has 0 aromatic heterocycles. The van der Waals surface area contributed by atoms with Gasteiger partial charge in [-0.3, -0.25) is 0 Å². The Morgan fingerprint density at radius 3 is 1.30 bits per heavy atom. The van der Waals surface area contributed by atoms with E-state index in [1.807, 2.05) is 0 Å². The van der Waals surface area contributed by atoms with Gasteiger partial charge in [0.15, 0.2) is 0 Å². The molecule has 2 heterocycles. The fraction of sp³-hybridized carbons (Fsp3) is 1.00. The third kappa shape index (κ3) is 7.02. The van der Waals surface area contributed by atoms with Crippen LogP contribution >= 0.6 is 0 Å².